The van der Waals surface area contributed by atoms with Gasteiger partial charge in [0.25, 0.3) is 5.91 Å². The first-order chi connectivity index (χ1) is 34.5. The van der Waals surface area contributed by atoms with Gasteiger partial charge in [-0.05, 0) is 111 Å². The molecule has 2 aliphatic rings. The normalized spacial score (nSPS) is 16.6. The number of nitriles is 1. The van der Waals surface area contributed by atoms with E-state index in [9.17, 15) is 42.0 Å². The van der Waals surface area contributed by atoms with E-state index in [1.807, 2.05) is 52.0 Å². The van der Waals surface area contributed by atoms with Gasteiger partial charge >= 0.3 is 6.18 Å². The Kier molecular flexibility index (Phi) is 16.3. The SMILES string of the molecule is Cc1ncsc1-c1ccc(CNC(=O)C2CCCN2C(=O)C(NC(=O)COCC(F)CCOc2ccc(-c3ccc(N4C(=S)N(c5ccc(C#N)c(C(F)(F)F)c5F)C(=O)C4(C)C)cn3)cc2)C(C)(C)C)cc1. The van der Waals surface area contributed by atoms with Gasteiger partial charge in [-0.25, -0.2) is 13.8 Å². The fraction of sp³-hybridized carbons (Fsp3) is 0.385. The standard InChI is InChI=1S/C52H53F5N8O6S2/c1-30-44(73-29-61-30)33-11-9-31(10-12-33)25-60-46(67)40-8-7-22-63(40)47(68)45(50(2,3)4)62-41(66)28-70-27-35(53)21-23-71-37-17-13-32(14-18-37)38-19-16-36(26-59-38)65-49(72)64(48(69)51(65,5)6)39-20-15-34(24-58)42(43(39)54)52(55,56)57/h9-20,26,29,35,40,45H,7-8,21-23,25,27-28H2,1-6H3,(H,60,67)(H,62,66). The molecule has 0 spiro atoms. The molecule has 2 fully saturated rings. The highest BCUT2D eigenvalue weighted by Gasteiger charge is 2.52. The summed E-state index contributed by atoms with van der Waals surface area (Å²) in [6, 6.07) is 19.2. The molecule has 3 unspecified atom stereocenters. The zero-order valence-electron chi connectivity index (χ0n) is 40.8. The van der Waals surface area contributed by atoms with E-state index in [0.29, 0.717) is 47.0 Å². The number of nitrogens with zero attached hydrogens (tertiary/aromatic N) is 6. The van der Waals surface area contributed by atoms with Crippen molar-refractivity contribution in [2.75, 3.05) is 36.2 Å². The van der Waals surface area contributed by atoms with Gasteiger partial charge in [-0.2, -0.15) is 18.4 Å². The Morgan fingerprint density at radius 3 is 2.32 bits per heavy atom. The van der Waals surface area contributed by atoms with E-state index in [0.717, 1.165) is 33.8 Å². The summed E-state index contributed by atoms with van der Waals surface area (Å²) in [4.78, 5) is 67.4. The Morgan fingerprint density at radius 2 is 1.70 bits per heavy atom. The Hall–Kier alpha value is -6.89. The average molecular weight is 1050 g/mol. The number of amides is 4. The predicted molar refractivity (Wildman–Crippen MR) is 269 cm³/mol. The third kappa shape index (κ3) is 12.0. The Balaban J connectivity index is 0.854. The Morgan fingerprint density at radius 1 is 1.00 bits per heavy atom. The molecule has 384 valence electrons. The second kappa shape index (κ2) is 22.1. The molecule has 3 atom stereocenters. The van der Waals surface area contributed by atoms with Crippen LogP contribution in [-0.2, 0) is 36.6 Å². The number of pyridine rings is 1. The van der Waals surface area contributed by atoms with Crippen LogP contribution in [-0.4, -0.2) is 93.8 Å². The molecule has 0 saturated carbocycles. The van der Waals surface area contributed by atoms with Gasteiger partial charge in [0.2, 0.25) is 17.7 Å². The van der Waals surface area contributed by atoms with Crippen molar-refractivity contribution in [1.29, 1.82) is 5.26 Å². The molecule has 3 aromatic carbocycles. The highest BCUT2D eigenvalue weighted by atomic mass is 32.1. The molecule has 2 aliphatic heterocycles. The summed E-state index contributed by atoms with van der Waals surface area (Å²) in [5.74, 6) is -3.43. The number of hydrogen-bond acceptors (Lipinski definition) is 11. The van der Waals surface area contributed by atoms with E-state index < -0.39 is 83.0 Å². The largest absolute Gasteiger partial charge is 0.493 e. The van der Waals surface area contributed by atoms with Gasteiger partial charge in [0.15, 0.2) is 10.9 Å². The third-order valence-corrected chi connectivity index (χ3v) is 13.9. The average Bonchev–Trinajstić information content (AvgIpc) is 4.06. The van der Waals surface area contributed by atoms with Crippen LogP contribution >= 0.6 is 23.6 Å². The number of halogens is 5. The number of anilines is 2. The number of benzene rings is 3. The molecule has 0 aliphatic carbocycles. The number of thiocarbonyl (C=S) groups is 1. The fourth-order valence-corrected chi connectivity index (χ4v) is 9.93. The van der Waals surface area contributed by atoms with E-state index in [1.165, 1.54) is 35.9 Å². The molecular formula is C52H53F5N8O6S2. The van der Waals surface area contributed by atoms with Crippen molar-refractivity contribution < 1.29 is 50.6 Å². The predicted octanol–water partition coefficient (Wildman–Crippen LogP) is 9.09. The molecule has 14 nitrogen and oxygen atoms in total. The first-order valence-corrected chi connectivity index (χ1v) is 24.6. The van der Waals surface area contributed by atoms with Crippen LogP contribution in [0.2, 0.25) is 0 Å². The number of ether oxygens (including phenoxy) is 2. The van der Waals surface area contributed by atoms with Gasteiger partial charge in [0.05, 0.1) is 64.2 Å². The minimum atomic E-state index is -5.21. The lowest BCUT2D eigenvalue weighted by Gasteiger charge is -2.35. The minimum Gasteiger partial charge on any atom is -0.493 e. The lowest BCUT2D eigenvalue weighted by atomic mass is 9.85. The van der Waals surface area contributed by atoms with Gasteiger partial charge in [-0.15, -0.1) is 11.3 Å². The maximum Gasteiger partial charge on any atom is 0.420 e. The van der Waals surface area contributed by atoms with E-state index in [4.69, 9.17) is 21.7 Å². The van der Waals surface area contributed by atoms with Crippen LogP contribution in [0.1, 0.15) is 76.3 Å². The molecule has 2 saturated heterocycles. The number of carbonyl (C=O) groups is 4. The van der Waals surface area contributed by atoms with Gasteiger partial charge in [0, 0.05) is 25.1 Å². The Bertz CT molecular complexity index is 2900. The van der Waals surface area contributed by atoms with E-state index in [-0.39, 0.29) is 36.5 Å². The second-order valence-electron chi connectivity index (χ2n) is 19.2. The van der Waals surface area contributed by atoms with E-state index in [1.54, 1.807) is 53.2 Å². The Labute approximate surface area is 428 Å². The van der Waals surface area contributed by atoms with Gasteiger partial charge in [-0.1, -0.05) is 45.0 Å². The van der Waals surface area contributed by atoms with Crippen molar-refractivity contribution in [3.05, 3.63) is 113 Å². The second-order valence-corrected chi connectivity index (χ2v) is 20.4. The summed E-state index contributed by atoms with van der Waals surface area (Å²) in [6.07, 6.45) is -4.22. The number of aryl methyl sites for hydroxylation is 1. The third-order valence-electron chi connectivity index (χ3n) is 12.5. The fourth-order valence-electron chi connectivity index (χ4n) is 8.61. The first kappa shape index (κ1) is 53.9. The molecule has 0 radical (unpaired) electrons. The zero-order chi connectivity index (χ0) is 53.0. The van der Waals surface area contributed by atoms with Crippen LogP contribution in [0.25, 0.3) is 21.7 Å². The smallest absolute Gasteiger partial charge is 0.420 e. The van der Waals surface area contributed by atoms with Crippen molar-refractivity contribution >= 4 is 63.7 Å². The zero-order valence-corrected chi connectivity index (χ0v) is 42.4. The molecular weight excluding hydrogens is 992 g/mol. The highest BCUT2D eigenvalue weighted by molar-refractivity contribution is 7.81. The summed E-state index contributed by atoms with van der Waals surface area (Å²) in [5.41, 5.74) is 0.506. The van der Waals surface area contributed by atoms with Crippen molar-refractivity contribution in [2.24, 2.45) is 5.41 Å². The molecule has 5 aromatic rings. The summed E-state index contributed by atoms with van der Waals surface area (Å²) in [7, 11) is 0. The molecule has 7 rings (SSSR count). The highest BCUT2D eigenvalue weighted by Crippen LogP contribution is 2.42. The van der Waals surface area contributed by atoms with Crippen LogP contribution in [0.4, 0.5) is 33.3 Å². The number of rotatable bonds is 17. The van der Waals surface area contributed by atoms with Gasteiger partial charge in [-0.3, -0.25) is 29.1 Å². The van der Waals surface area contributed by atoms with Gasteiger partial charge in [0.1, 0.15) is 41.7 Å². The quantitative estimate of drug-likeness (QED) is 0.0673. The first-order valence-electron chi connectivity index (χ1n) is 23.3. The molecule has 73 heavy (non-hydrogen) atoms. The van der Waals surface area contributed by atoms with Crippen LogP contribution in [0.5, 0.6) is 5.75 Å². The summed E-state index contributed by atoms with van der Waals surface area (Å²) < 4.78 is 82.8. The van der Waals surface area contributed by atoms with Crippen molar-refractivity contribution in [1.82, 2.24) is 25.5 Å². The minimum absolute atomic E-state index is 0.0150. The van der Waals surface area contributed by atoms with E-state index in [2.05, 4.69) is 20.6 Å². The van der Waals surface area contributed by atoms with Crippen molar-refractivity contribution in [3.63, 3.8) is 0 Å². The number of alkyl halides is 4. The lowest BCUT2D eigenvalue weighted by Crippen LogP contribution is -2.58. The number of aromatic nitrogens is 2. The van der Waals surface area contributed by atoms with Crippen molar-refractivity contribution in [3.8, 4) is 33.5 Å². The summed E-state index contributed by atoms with van der Waals surface area (Å²) in [6.45, 7) is 10.1. The van der Waals surface area contributed by atoms with Crippen LogP contribution in [0.15, 0.2) is 84.5 Å². The molecule has 2 N–H and O–H groups in total. The molecule has 2 aromatic heterocycles. The molecule has 0 bridgehead atoms. The topological polar surface area (TPSA) is 170 Å². The lowest BCUT2D eigenvalue weighted by molar-refractivity contribution is -0.144. The van der Waals surface area contributed by atoms with Crippen LogP contribution in [0.3, 0.4) is 0 Å². The monoisotopic (exact) mass is 1040 g/mol. The van der Waals surface area contributed by atoms with Crippen LogP contribution in [0, 0.1) is 29.5 Å². The maximum atomic E-state index is 15.4. The number of likely N-dealkylation sites (tertiary alicyclic amines) is 1. The number of thiazole rings is 1. The van der Waals surface area contributed by atoms with Gasteiger partial charge < -0.3 is 29.9 Å². The van der Waals surface area contributed by atoms with Crippen LogP contribution < -0.4 is 25.2 Å². The number of hydrogen-bond donors (Lipinski definition) is 2. The maximum absolute atomic E-state index is 15.4. The number of carbonyl (C=O) groups excluding carboxylic acids is 4. The molecule has 21 heteroatoms. The molecule has 4 heterocycles. The summed E-state index contributed by atoms with van der Waals surface area (Å²) >= 11 is 7.09. The molecule has 4 amide bonds. The van der Waals surface area contributed by atoms with Crippen molar-refractivity contribution in [2.45, 2.75) is 97.3 Å². The van der Waals surface area contributed by atoms with E-state index >= 15 is 4.39 Å². The summed E-state index contributed by atoms with van der Waals surface area (Å²) in [5, 5.41) is 14.6. The number of nitrogens with one attached hydrogen (secondary N) is 2.